The van der Waals surface area contributed by atoms with Crippen molar-refractivity contribution in [3.8, 4) is 0 Å². The molecule has 1 unspecified atom stereocenters. The molecule has 0 fully saturated rings. The molecule has 2 heterocycles. The zero-order valence-corrected chi connectivity index (χ0v) is 17.4. The summed E-state index contributed by atoms with van der Waals surface area (Å²) in [6, 6.07) is 0. The fourth-order valence-electron chi connectivity index (χ4n) is 3.28. The maximum Gasteiger partial charge on any atom is 0.263 e. The average Bonchev–Trinajstić information content (AvgIpc) is 3.00. The Morgan fingerprint density at radius 1 is 1.56 bits per heavy atom. The van der Waals surface area contributed by atoms with Crippen LogP contribution in [0, 0.1) is 5.92 Å². The lowest BCUT2D eigenvalue weighted by Gasteiger charge is -2.17. The number of aryl methyl sites for hydroxylation is 1. The third kappa shape index (κ3) is 4.44. The molecule has 1 aliphatic carbocycles. The second kappa shape index (κ2) is 9.03. The SMILES string of the molecule is C=CCn1c(SCC(=O)NCCOC)nc2sc3c(c2c1=O)CCC(C)C3. The maximum atomic E-state index is 13.2. The first-order valence-corrected chi connectivity index (χ1v) is 10.9. The molecule has 6 nitrogen and oxygen atoms in total. The summed E-state index contributed by atoms with van der Waals surface area (Å²) in [4.78, 5) is 32.0. The van der Waals surface area contributed by atoms with Gasteiger partial charge in [0.1, 0.15) is 4.83 Å². The number of fused-ring (bicyclic) bond motifs is 3. The van der Waals surface area contributed by atoms with Crippen LogP contribution in [0.3, 0.4) is 0 Å². The molecule has 0 aromatic carbocycles. The minimum Gasteiger partial charge on any atom is -0.383 e. The molecule has 1 aliphatic rings. The standard InChI is InChI=1S/C19H25N3O3S2/c1-4-8-22-18(24)16-13-6-5-12(2)10-14(13)27-17(16)21-19(22)26-11-15(23)20-7-9-25-3/h4,12H,1,5-11H2,2-3H3,(H,20,23). The van der Waals surface area contributed by atoms with Crippen LogP contribution in [-0.2, 0) is 28.9 Å². The van der Waals surface area contributed by atoms with E-state index in [4.69, 9.17) is 9.72 Å². The maximum absolute atomic E-state index is 13.2. The van der Waals surface area contributed by atoms with Crippen molar-refractivity contribution in [1.82, 2.24) is 14.9 Å². The van der Waals surface area contributed by atoms with E-state index in [2.05, 4.69) is 18.8 Å². The number of nitrogens with zero attached hydrogens (tertiary/aromatic N) is 2. The van der Waals surface area contributed by atoms with Crippen LogP contribution in [0.5, 0.6) is 0 Å². The molecule has 8 heteroatoms. The fourth-order valence-corrected chi connectivity index (χ4v) is 5.54. The first-order chi connectivity index (χ1) is 13.0. The summed E-state index contributed by atoms with van der Waals surface area (Å²) in [5.74, 6) is 0.752. The number of rotatable bonds is 8. The van der Waals surface area contributed by atoms with E-state index in [1.54, 1.807) is 29.1 Å². The molecule has 2 aromatic rings. The molecule has 1 amide bonds. The lowest BCUT2D eigenvalue weighted by molar-refractivity contribution is -0.118. The highest BCUT2D eigenvalue weighted by Gasteiger charge is 2.24. The normalized spacial score (nSPS) is 16.3. The van der Waals surface area contributed by atoms with E-state index >= 15 is 0 Å². The Labute approximate surface area is 167 Å². The predicted molar refractivity (Wildman–Crippen MR) is 111 cm³/mol. The summed E-state index contributed by atoms with van der Waals surface area (Å²) in [5.41, 5.74) is 1.16. The Hall–Kier alpha value is -1.64. The Kier molecular flexibility index (Phi) is 6.73. The van der Waals surface area contributed by atoms with Crippen molar-refractivity contribution in [3.05, 3.63) is 33.4 Å². The van der Waals surface area contributed by atoms with E-state index in [1.165, 1.54) is 22.2 Å². The summed E-state index contributed by atoms with van der Waals surface area (Å²) in [7, 11) is 1.59. The molecule has 2 aromatic heterocycles. The average molecular weight is 408 g/mol. The van der Waals surface area contributed by atoms with Crippen molar-refractivity contribution >= 4 is 39.2 Å². The molecule has 3 rings (SSSR count). The van der Waals surface area contributed by atoms with E-state index in [0.29, 0.717) is 30.8 Å². The van der Waals surface area contributed by atoms with Crippen LogP contribution in [0.1, 0.15) is 23.8 Å². The van der Waals surface area contributed by atoms with Crippen LogP contribution in [-0.4, -0.2) is 41.5 Å². The van der Waals surface area contributed by atoms with Gasteiger partial charge in [-0.15, -0.1) is 17.9 Å². The van der Waals surface area contributed by atoms with Crippen LogP contribution in [0.25, 0.3) is 10.2 Å². The first kappa shape index (κ1) is 20.1. The molecule has 1 atom stereocenters. The van der Waals surface area contributed by atoms with E-state index in [1.807, 2.05) is 0 Å². The van der Waals surface area contributed by atoms with E-state index in [0.717, 1.165) is 29.5 Å². The Morgan fingerprint density at radius 2 is 2.37 bits per heavy atom. The number of methoxy groups -OCH3 is 1. The van der Waals surface area contributed by atoms with Crippen molar-refractivity contribution in [2.75, 3.05) is 26.0 Å². The van der Waals surface area contributed by atoms with E-state index < -0.39 is 0 Å². The quantitative estimate of drug-likeness (QED) is 0.315. The number of amides is 1. The van der Waals surface area contributed by atoms with Gasteiger partial charge in [-0.3, -0.25) is 14.2 Å². The van der Waals surface area contributed by atoms with Crippen molar-refractivity contribution in [2.45, 2.75) is 37.9 Å². The van der Waals surface area contributed by atoms with Crippen molar-refractivity contribution < 1.29 is 9.53 Å². The van der Waals surface area contributed by atoms with Crippen LogP contribution in [0.4, 0.5) is 0 Å². The molecule has 27 heavy (non-hydrogen) atoms. The van der Waals surface area contributed by atoms with Gasteiger partial charge in [-0.25, -0.2) is 4.98 Å². The number of thioether (sulfide) groups is 1. The van der Waals surface area contributed by atoms with Crippen LogP contribution in [0.2, 0.25) is 0 Å². The van der Waals surface area contributed by atoms with Gasteiger partial charge >= 0.3 is 0 Å². The summed E-state index contributed by atoms with van der Waals surface area (Å²) < 4.78 is 6.56. The molecule has 0 aliphatic heterocycles. The highest BCUT2D eigenvalue weighted by molar-refractivity contribution is 7.99. The van der Waals surface area contributed by atoms with Crippen LogP contribution >= 0.6 is 23.1 Å². The second-order valence-electron chi connectivity index (χ2n) is 6.76. The fraction of sp³-hybridized carbons (Fsp3) is 0.526. The number of thiophene rings is 1. The van der Waals surface area contributed by atoms with E-state index in [-0.39, 0.29) is 17.2 Å². The van der Waals surface area contributed by atoms with Gasteiger partial charge in [0, 0.05) is 25.1 Å². The highest BCUT2D eigenvalue weighted by Crippen LogP contribution is 2.36. The zero-order valence-electron chi connectivity index (χ0n) is 15.7. The van der Waals surface area contributed by atoms with Crippen molar-refractivity contribution in [2.24, 2.45) is 5.92 Å². The highest BCUT2D eigenvalue weighted by atomic mass is 32.2. The number of ether oxygens (including phenoxy) is 1. The Morgan fingerprint density at radius 3 is 3.11 bits per heavy atom. The number of allylic oxidation sites excluding steroid dienone is 1. The number of nitrogens with one attached hydrogen (secondary N) is 1. The number of aromatic nitrogens is 2. The molecule has 0 bridgehead atoms. The van der Waals surface area contributed by atoms with Gasteiger partial charge in [-0.1, -0.05) is 24.8 Å². The molecule has 1 N–H and O–H groups in total. The van der Waals surface area contributed by atoms with Gasteiger partial charge in [0.15, 0.2) is 5.16 Å². The lowest BCUT2D eigenvalue weighted by atomic mass is 9.89. The molecule has 0 radical (unpaired) electrons. The zero-order chi connectivity index (χ0) is 19.4. The van der Waals surface area contributed by atoms with Gasteiger partial charge in [0.2, 0.25) is 5.91 Å². The monoisotopic (exact) mass is 407 g/mol. The van der Waals surface area contributed by atoms with Gasteiger partial charge in [0.05, 0.1) is 17.7 Å². The lowest BCUT2D eigenvalue weighted by Crippen LogP contribution is -2.29. The summed E-state index contributed by atoms with van der Waals surface area (Å²) in [5, 5.41) is 4.12. The largest absolute Gasteiger partial charge is 0.383 e. The summed E-state index contributed by atoms with van der Waals surface area (Å²) in [6.45, 7) is 7.34. The van der Waals surface area contributed by atoms with Gasteiger partial charge in [0.25, 0.3) is 5.56 Å². The third-order valence-corrected chi connectivity index (χ3v) is 6.78. The third-order valence-electron chi connectivity index (χ3n) is 4.65. The van der Waals surface area contributed by atoms with Crippen LogP contribution < -0.4 is 10.9 Å². The first-order valence-electron chi connectivity index (χ1n) is 9.09. The summed E-state index contributed by atoms with van der Waals surface area (Å²) in [6.07, 6.45) is 4.76. The van der Waals surface area contributed by atoms with Crippen molar-refractivity contribution in [3.63, 3.8) is 0 Å². The molecular weight excluding hydrogens is 382 g/mol. The number of hydrogen-bond acceptors (Lipinski definition) is 6. The minimum atomic E-state index is -0.101. The Bertz CT molecular complexity index is 904. The van der Waals surface area contributed by atoms with Gasteiger partial charge < -0.3 is 10.1 Å². The van der Waals surface area contributed by atoms with Crippen LogP contribution in [0.15, 0.2) is 22.6 Å². The molecule has 0 spiro atoms. The molecule has 0 saturated heterocycles. The number of carbonyl (C=O) groups is 1. The van der Waals surface area contributed by atoms with E-state index in [9.17, 15) is 9.59 Å². The smallest absolute Gasteiger partial charge is 0.263 e. The minimum absolute atomic E-state index is 0.0192. The van der Waals surface area contributed by atoms with Gasteiger partial charge in [-0.2, -0.15) is 0 Å². The predicted octanol–water partition coefficient (Wildman–Crippen LogP) is 2.62. The Balaban J connectivity index is 1.90. The molecule has 146 valence electrons. The summed E-state index contributed by atoms with van der Waals surface area (Å²) >= 11 is 2.92. The number of carbonyl (C=O) groups excluding carboxylic acids is 1. The topological polar surface area (TPSA) is 73.2 Å². The second-order valence-corrected chi connectivity index (χ2v) is 8.79. The molecular formula is C19H25N3O3S2. The molecule has 0 saturated carbocycles. The van der Waals surface area contributed by atoms with Crippen molar-refractivity contribution in [1.29, 1.82) is 0 Å². The van der Waals surface area contributed by atoms with Gasteiger partial charge in [-0.05, 0) is 30.7 Å². The number of hydrogen-bond donors (Lipinski definition) is 1.